The monoisotopic (exact) mass is 246 g/mol. The van der Waals surface area contributed by atoms with Crippen molar-refractivity contribution < 1.29 is 4.79 Å². The van der Waals surface area contributed by atoms with Gasteiger partial charge in [-0.2, -0.15) is 0 Å². The van der Waals surface area contributed by atoms with Crippen molar-refractivity contribution >= 4 is 16.9 Å². The first kappa shape index (κ1) is 12.6. The number of aromatic amines is 1. The third kappa shape index (κ3) is 2.68. The highest BCUT2D eigenvalue weighted by Gasteiger charge is 2.07. The molecule has 5 nitrogen and oxygen atoms in total. The lowest BCUT2D eigenvalue weighted by Gasteiger charge is -2.14. The van der Waals surface area contributed by atoms with Crippen molar-refractivity contribution in [1.82, 2.24) is 20.2 Å². The van der Waals surface area contributed by atoms with Crippen LogP contribution in [0.2, 0.25) is 0 Å². The van der Waals surface area contributed by atoms with E-state index in [0.717, 1.165) is 23.1 Å². The van der Waals surface area contributed by atoms with E-state index in [1.54, 1.807) is 18.1 Å². The summed E-state index contributed by atoms with van der Waals surface area (Å²) in [6.07, 6.45) is 3.69. The Hall–Kier alpha value is -1.88. The Morgan fingerprint density at radius 2 is 2.39 bits per heavy atom. The topological polar surface area (TPSA) is 61.0 Å². The van der Waals surface area contributed by atoms with Crippen molar-refractivity contribution in [2.45, 2.75) is 13.5 Å². The molecule has 18 heavy (non-hydrogen) atoms. The Labute approximate surface area is 106 Å². The minimum absolute atomic E-state index is 0.107. The van der Waals surface area contributed by atoms with Crippen LogP contribution in [0.25, 0.3) is 11.0 Å². The van der Waals surface area contributed by atoms with Gasteiger partial charge < -0.3 is 15.2 Å². The summed E-state index contributed by atoms with van der Waals surface area (Å²) in [5.74, 6) is 0.107. The number of nitrogens with one attached hydrogen (secondary N) is 2. The summed E-state index contributed by atoms with van der Waals surface area (Å²) in [6, 6.07) is 3.94. The van der Waals surface area contributed by atoms with Gasteiger partial charge in [0, 0.05) is 37.9 Å². The number of carbonyl (C=O) groups is 1. The van der Waals surface area contributed by atoms with Gasteiger partial charge in [0.25, 0.3) is 0 Å². The molecule has 0 bridgehead atoms. The van der Waals surface area contributed by atoms with Crippen LogP contribution in [-0.2, 0) is 11.3 Å². The van der Waals surface area contributed by atoms with Gasteiger partial charge >= 0.3 is 0 Å². The Kier molecular flexibility index (Phi) is 3.94. The van der Waals surface area contributed by atoms with E-state index in [2.05, 4.69) is 15.3 Å². The molecule has 0 atom stereocenters. The summed E-state index contributed by atoms with van der Waals surface area (Å²) in [7, 11) is 1.81. The van der Waals surface area contributed by atoms with E-state index in [4.69, 9.17) is 0 Å². The largest absolute Gasteiger partial charge is 0.346 e. The van der Waals surface area contributed by atoms with Crippen LogP contribution in [0, 0.1) is 0 Å². The van der Waals surface area contributed by atoms with Crippen LogP contribution in [0.15, 0.2) is 24.5 Å². The maximum atomic E-state index is 11.6. The van der Waals surface area contributed by atoms with Gasteiger partial charge in [0.05, 0.1) is 6.54 Å². The summed E-state index contributed by atoms with van der Waals surface area (Å²) in [5.41, 5.74) is 2.01. The van der Waals surface area contributed by atoms with Gasteiger partial charge in [-0.1, -0.05) is 0 Å². The quantitative estimate of drug-likeness (QED) is 0.831. The molecule has 0 aliphatic rings. The second kappa shape index (κ2) is 5.64. The zero-order valence-electron chi connectivity index (χ0n) is 10.7. The van der Waals surface area contributed by atoms with Gasteiger partial charge in [0.15, 0.2) is 0 Å². The highest BCUT2D eigenvalue weighted by molar-refractivity contribution is 5.80. The fourth-order valence-electron chi connectivity index (χ4n) is 1.77. The lowest BCUT2D eigenvalue weighted by Crippen LogP contribution is -2.35. The first-order valence-electron chi connectivity index (χ1n) is 6.08. The molecule has 1 amide bonds. The molecule has 0 fully saturated rings. The first-order valence-corrected chi connectivity index (χ1v) is 6.08. The number of fused-ring (bicyclic) bond motifs is 1. The van der Waals surface area contributed by atoms with Crippen molar-refractivity contribution in [3.63, 3.8) is 0 Å². The molecule has 0 aliphatic carbocycles. The lowest BCUT2D eigenvalue weighted by molar-refractivity contribution is -0.128. The van der Waals surface area contributed by atoms with Crippen molar-refractivity contribution in [2.24, 2.45) is 0 Å². The van der Waals surface area contributed by atoms with E-state index in [9.17, 15) is 4.79 Å². The van der Waals surface area contributed by atoms with Crippen molar-refractivity contribution in [3.8, 4) is 0 Å². The zero-order valence-corrected chi connectivity index (χ0v) is 10.7. The van der Waals surface area contributed by atoms with Gasteiger partial charge in [-0.05, 0) is 24.6 Å². The van der Waals surface area contributed by atoms with Gasteiger partial charge in [-0.15, -0.1) is 0 Å². The Balaban J connectivity index is 1.93. The molecule has 2 aromatic heterocycles. The predicted molar refractivity (Wildman–Crippen MR) is 71.1 cm³/mol. The summed E-state index contributed by atoms with van der Waals surface area (Å²) < 4.78 is 0. The van der Waals surface area contributed by atoms with E-state index in [1.807, 2.05) is 25.3 Å². The molecule has 0 spiro atoms. The maximum absolute atomic E-state index is 11.6. The smallest absolute Gasteiger partial charge is 0.236 e. The Bertz CT molecular complexity index is 535. The molecule has 0 saturated heterocycles. The maximum Gasteiger partial charge on any atom is 0.236 e. The fourth-order valence-corrected chi connectivity index (χ4v) is 1.77. The lowest BCUT2D eigenvalue weighted by atomic mass is 10.2. The van der Waals surface area contributed by atoms with Crippen molar-refractivity contribution in [1.29, 1.82) is 0 Å². The second-order valence-electron chi connectivity index (χ2n) is 4.22. The van der Waals surface area contributed by atoms with E-state index >= 15 is 0 Å². The van der Waals surface area contributed by atoms with Crippen LogP contribution in [-0.4, -0.2) is 40.9 Å². The molecular formula is C13H18N4O. The number of pyridine rings is 1. The third-order valence-corrected chi connectivity index (χ3v) is 3.03. The minimum Gasteiger partial charge on any atom is -0.346 e. The first-order chi connectivity index (χ1) is 8.72. The Morgan fingerprint density at radius 3 is 3.17 bits per heavy atom. The van der Waals surface area contributed by atoms with Crippen molar-refractivity contribution in [2.75, 3.05) is 20.1 Å². The number of hydrogen-bond donors (Lipinski definition) is 2. The minimum atomic E-state index is 0.107. The van der Waals surface area contributed by atoms with E-state index in [1.165, 1.54) is 0 Å². The van der Waals surface area contributed by atoms with E-state index < -0.39 is 0 Å². The summed E-state index contributed by atoms with van der Waals surface area (Å²) in [6.45, 7) is 3.72. The van der Waals surface area contributed by atoms with E-state index in [-0.39, 0.29) is 5.91 Å². The average Bonchev–Trinajstić information content (AvgIpc) is 2.81. The zero-order chi connectivity index (χ0) is 13.0. The number of nitrogens with zero attached hydrogens (tertiary/aromatic N) is 2. The van der Waals surface area contributed by atoms with Crippen LogP contribution in [0.1, 0.15) is 12.5 Å². The molecule has 0 radical (unpaired) electrons. The number of likely N-dealkylation sites (N-methyl/N-ethyl adjacent to an activating group) is 1. The number of carbonyl (C=O) groups excluding carboxylic acids is 1. The van der Waals surface area contributed by atoms with Crippen LogP contribution in [0.5, 0.6) is 0 Å². The summed E-state index contributed by atoms with van der Waals surface area (Å²) in [4.78, 5) is 20.6. The molecule has 2 aromatic rings. The Morgan fingerprint density at radius 1 is 1.56 bits per heavy atom. The van der Waals surface area contributed by atoms with Crippen LogP contribution >= 0.6 is 0 Å². The molecule has 2 heterocycles. The molecule has 5 heteroatoms. The highest BCUT2D eigenvalue weighted by atomic mass is 16.2. The molecule has 0 aliphatic heterocycles. The average molecular weight is 246 g/mol. The third-order valence-electron chi connectivity index (χ3n) is 3.03. The normalized spacial score (nSPS) is 10.8. The molecular weight excluding hydrogens is 228 g/mol. The molecule has 2 N–H and O–H groups in total. The molecule has 96 valence electrons. The second-order valence-corrected chi connectivity index (χ2v) is 4.22. The van der Waals surface area contributed by atoms with Crippen LogP contribution < -0.4 is 5.32 Å². The number of rotatable bonds is 5. The molecule has 0 saturated carbocycles. The summed E-state index contributed by atoms with van der Waals surface area (Å²) in [5, 5.41) is 4.25. The highest BCUT2D eigenvalue weighted by Crippen LogP contribution is 2.14. The number of amides is 1. The van der Waals surface area contributed by atoms with Crippen molar-refractivity contribution in [3.05, 3.63) is 30.1 Å². The standard InChI is InChI=1S/C13H18N4O/c1-3-17(2)12(18)9-14-7-10-8-16-13-11(10)5-4-6-15-13/h4-6,8,14H,3,7,9H2,1-2H3,(H,15,16). The molecule has 2 rings (SSSR count). The number of aromatic nitrogens is 2. The van der Waals surface area contributed by atoms with Crippen LogP contribution in [0.4, 0.5) is 0 Å². The summed E-state index contributed by atoms with van der Waals surface area (Å²) >= 11 is 0. The van der Waals surface area contributed by atoms with Gasteiger partial charge in [0.2, 0.25) is 5.91 Å². The molecule has 0 unspecified atom stereocenters. The molecule has 0 aromatic carbocycles. The fraction of sp³-hybridized carbons (Fsp3) is 0.385. The SMILES string of the molecule is CCN(C)C(=O)CNCc1c[nH]c2ncccc12. The van der Waals surface area contributed by atoms with Crippen LogP contribution in [0.3, 0.4) is 0 Å². The van der Waals surface area contributed by atoms with Gasteiger partial charge in [-0.3, -0.25) is 4.79 Å². The predicted octanol–water partition coefficient (Wildman–Crippen LogP) is 1.13. The van der Waals surface area contributed by atoms with E-state index in [0.29, 0.717) is 13.1 Å². The van der Waals surface area contributed by atoms with Gasteiger partial charge in [0.1, 0.15) is 5.65 Å². The number of H-pyrrole nitrogens is 1. The van der Waals surface area contributed by atoms with Gasteiger partial charge in [-0.25, -0.2) is 4.98 Å². The number of hydrogen-bond acceptors (Lipinski definition) is 3.